The lowest BCUT2D eigenvalue weighted by atomic mass is 10.0. The minimum absolute atomic E-state index is 0.0628. The second-order valence-corrected chi connectivity index (χ2v) is 4.71. The fraction of sp³-hybridized carbons (Fsp3) is 0.600. The zero-order valence-electron chi connectivity index (χ0n) is 11.0. The minimum Gasteiger partial charge on any atom is -0.394 e. The molecule has 0 saturated carbocycles. The highest BCUT2D eigenvalue weighted by Crippen LogP contribution is 2.14. The van der Waals surface area contributed by atoms with E-state index in [0.29, 0.717) is 6.04 Å². The third kappa shape index (κ3) is 5.33. The van der Waals surface area contributed by atoms with Crippen LogP contribution in [0.2, 0.25) is 0 Å². The van der Waals surface area contributed by atoms with Gasteiger partial charge in [0.25, 0.3) is 0 Å². The normalized spacial score (nSPS) is 14.5. The second kappa shape index (κ2) is 8.26. The van der Waals surface area contributed by atoms with Crippen LogP contribution in [-0.4, -0.2) is 17.8 Å². The van der Waals surface area contributed by atoms with Crippen LogP contribution in [0.4, 0.5) is 0 Å². The minimum atomic E-state index is 0.0628. The van der Waals surface area contributed by atoms with Gasteiger partial charge in [-0.25, -0.2) is 0 Å². The molecule has 0 bridgehead atoms. The van der Waals surface area contributed by atoms with Crippen molar-refractivity contribution in [2.24, 2.45) is 0 Å². The first-order chi connectivity index (χ1) is 8.27. The van der Waals surface area contributed by atoms with E-state index in [2.05, 4.69) is 31.3 Å². The Kier molecular flexibility index (Phi) is 6.90. The van der Waals surface area contributed by atoms with Crippen molar-refractivity contribution in [2.75, 3.05) is 6.61 Å². The molecule has 0 spiro atoms. The number of hydrogen-bond acceptors (Lipinski definition) is 2. The lowest BCUT2D eigenvalue weighted by molar-refractivity contribution is 0.232. The molecule has 2 atom stereocenters. The maximum absolute atomic E-state index is 9.44. The molecule has 0 fully saturated rings. The SMILES string of the molecule is CCCCCC(C)NC(CO)c1ccccc1. The lowest BCUT2D eigenvalue weighted by Gasteiger charge is -2.22. The van der Waals surface area contributed by atoms with Crippen LogP contribution in [0.15, 0.2) is 30.3 Å². The van der Waals surface area contributed by atoms with Crippen LogP contribution in [0.1, 0.15) is 51.1 Å². The highest BCUT2D eigenvalue weighted by molar-refractivity contribution is 5.18. The Balaban J connectivity index is 2.41. The van der Waals surface area contributed by atoms with E-state index < -0.39 is 0 Å². The third-order valence-corrected chi connectivity index (χ3v) is 3.11. The van der Waals surface area contributed by atoms with Gasteiger partial charge in [-0.15, -0.1) is 0 Å². The van der Waals surface area contributed by atoms with E-state index in [4.69, 9.17) is 0 Å². The molecular weight excluding hydrogens is 210 g/mol. The summed E-state index contributed by atoms with van der Waals surface area (Å²) in [7, 11) is 0. The fourth-order valence-corrected chi connectivity index (χ4v) is 2.07. The molecule has 17 heavy (non-hydrogen) atoms. The molecule has 0 radical (unpaired) electrons. The van der Waals surface area contributed by atoms with Crippen LogP contribution in [0.3, 0.4) is 0 Å². The molecule has 1 rings (SSSR count). The van der Waals surface area contributed by atoms with E-state index >= 15 is 0 Å². The monoisotopic (exact) mass is 235 g/mol. The Morgan fingerprint density at radius 3 is 2.47 bits per heavy atom. The number of aliphatic hydroxyl groups is 1. The number of unbranched alkanes of at least 4 members (excludes halogenated alkanes) is 2. The van der Waals surface area contributed by atoms with Crippen molar-refractivity contribution < 1.29 is 5.11 Å². The zero-order valence-corrected chi connectivity index (χ0v) is 11.0. The Hall–Kier alpha value is -0.860. The van der Waals surface area contributed by atoms with Crippen LogP contribution in [-0.2, 0) is 0 Å². The van der Waals surface area contributed by atoms with E-state index in [1.165, 1.54) is 25.7 Å². The second-order valence-electron chi connectivity index (χ2n) is 4.71. The Bertz CT molecular complexity index is 286. The molecule has 2 N–H and O–H groups in total. The van der Waals surface area contributed by atoms with Crippen molar-refractivity contribution in [3.63, 3.8) is 0 Å². The highest BCUT2D eigenvalue weighted by Gasteiger charge is 2.12. The van der Waals surface area contributed by atoms with Crippen LogP contribution in [0.25, 0.3) is 0 Å². The van der Waals surface area contributed by atoms with Gasteiger partial charge < -0.3 is 10.4 Å². The number of nitrogens with one attached hydrogen (secondary N) is 1. The molecule has 0 aliphatic heterocycles. The van der Waals surface area contributed by atoms with Gasteiger partial charge in [0.05, 0.1) is 12.6 Å². The summed E-state index contributed by atoms with van der Waals surface area (Å²) < 4.78 is 0. The number of rotatable bonds is 8. The van der Waals surface area contributed by atoms with Crippen molar-refractivity contribution in [2.45, 2.75) is 51.6 Å². The van der Waals surface area contributed by atoms with Crippen LogP contribution in [0, 0.1) is 0 Å². The predicted molar refractivity (Wildman–Crippen MR) is 73.0 cm³/mol. The van der Waals surface area contributed by atoms with Gasteiger partial charge in [-0.1, -0.05) is 56.5 Å². The van der Waals surface area contributed by atoms with Crippen molar-refractivity contribution in [3.8, 4) is 0 Å². The molecule has 2 heteroatoms. The summed E-state index contributed by atoms with van der Waals surface area (Å²) in [5.74, 6) is 0. The molecule has 0 aliphatic carbocycles. The average Bonchev–Trinajstić information content (AvgIpc) is 2.37. The van der Waals surface area contributed by atoms with Crippen molar-refractivity contribution in [3.05, 3.63) is 35.9 Å². The van der Waals surface area contributed by atoms with E-state index in [1.54, 1.807) is 0 Å². The molecule has 0 aliphatic rings. The number of benzene rings is 1. The third-order valence-electron chi connectivity index (χ3n) is 3.11. The van der Waals surface area contributed by atoms with Gasteiger partial charge in [-0.05, 0) is 18.9 Å². The quantitative estimate of drug-likeness (QED) is 0.678. The summed E-state index contributed by atoms with van der Waals surface area (Å²) in [4.78, 5) is 0. The van der Waals surface area contributed by atoms with Crippen molar-refractivity contribution >= 4 is 0 Å². The molecule has 2 nitrogen and oxygen atoms in total. The highest BCUT2D eigenvalue weighted by atomic mass is 16.3. The van der Waals surface area contributed by atoms with Gasteiger partial charge in [0.1, 0.15) is 0 Å². The fourth-order valence-electron chi connectivity index (χ4n) is 2.07. The van der Waals surface area contributed by atoms with Gasteiger partial charge in [0, 0.05) is 6.04 Å². The van der Waals surface area contributed by atoms with Crippen molar-refractivity contribution in [1.29, 1.82) is 0 Å². The molecule has 0 amide bonds. The van der Waals surface area contributed by atoms with E-state index in [9.17, 15) is 5.11 Å². The van der Waals surface area contributed by atoms with Crippen LogP contribution in [0.5, 0.6) is 0 Å². The summed E-state index contributed by atoms with van der Waals surface area (Å²) in [6, 6.07) is 10.7. The Morgan fingerprint density at radius 2 is 1.88 bits per heavy atom. The maximum Gasteiger partial charge on any atom is 0.0626 e. The van der Waals surface area contributed by atoms with Gasteiger partial charge in [0.2, 0.25) is 0 Å². The Labute approximate surface area is 105 Å². The van der Waals surface area contributed by atoms with Crippen LogP contribution < -0.4 is 5.32 Å². The predicted octanol–water partition coefficient (Wildman–Crippen LogP) is 3.28. The van der Waals surface area contributed by atoms with E-state index in [0.717, 1.165) is 5.56 Å². The molecule has 96 valence electrons. The summed E-state index contributed by atoms with van der Waals surface area (Å²) >= 11 is 0. The topological polar surface area (TPSA) is 32.3 Å². The van der Waals surface area contributed by atoms with Gasteiger partial charge >= 0.3 is 0 Å². The van der Waals surface area contributed by atoms with E-state index in [-0.39, 0.29) is 12.6 Å². The smallest absolute Gasteiger partial charge is 0.0626 e. The standard InChI is InChI=1S/C15H25NO/c1-3-4-6-9-13(2)16-15(12-17)14-10-7-5-8-11-14/h5,7-8,10-11,13,15-17H,3-4,6,9,12H2,1-2H3. The van der Waals surface area contributed by atoms with Gasteiger partial charge in [-0.2, -0.15) is 0 Å². The van der Waals surface area contributed by atoms with E-state index in [1.807, 2.05) is 18.2 Å². The van der Waals surface area contributed by atoms with Gasteiger partial charge in [0.15, 0.2) is 0 Å². The summed E-state index contributed by atoms with van der Waals surface area (Å²) in [5.41, 5.74) is 1.16. The largest absolute Gasteiger partial charge is 0.394 e. The summed E-state index contributed by atoms with van der Waals surface area (Å²) in [6.45, 7) is 4.57. The zero-order chi connectivity index (χ0) is 12.5. The molecule has 0 aromatic heterocycles. The number of aliphatic hydroxyl groups excluding tert-OH is 1. The number of hydrogen-bond donors (Lipinski definition) is 2. The summed E-state index contributed by atoms with van der Waals surface area (Å²) in [5, 5.41) is 12.9. The maximum atomic E-state index is 9.44. The van der Waals surface area contributed by atoms with Crippen LogP contribution >= 0.6 is 0 Å². The molecule has 0 heterocycles. The molecular formula is C15H25NO. The first kappa shape index (κ1) is 14.2. The Morgan fingerprint density at radius 1 is 1.18 bits per heavy atom. The van der Waals surface area contributed by atoms with Gasteiger partial charge in [-0.3, -0.25) is 0 Å². The molecule has 2 unspecified atom stereocenters. The lowest BCUT2D eigenvalue weighted by Crippen LogP contribution is -2.32. The molecule has 1 aromatic rings. The molecule has 1 aromatic carbocycles. The van der Waals surface area contributed by atoms with Crippen molar-refractivity contribution in [1.82, 2.24) is 5.32 Å². The first-order valence-electron chi connectivity index (χ1n) is 6.69. The molecule has 0 saturated heterocycles. The summed E-state index contributed by atoms with van der Waals surface area (Å²) in [6.07, 6.45) is 4.99. The first-order valence-corrected chi connectivity index (χ1v) is 6.69. The average molecular weight is 235 g/mol.